The fraction of sp³-hybridized carbons (Fsp3) is 0.250. The van der Waals surface area contributed by atoms with Gasteiger partial charge in [0.1, 0.15) is 0 Å². The molecule has 1 N–H and O–H groups in total. The quantitative estimate of drug-likeness (QED) is 0.902. The van der Waals surface area contributed by atoms with Gasteiger partial charge in [-0.15, -0.1) is 0 Å². The number of benzene rings is 2. The van der Waals surface area contributed by atoms with Gasteiger partial charge >= 0.3 is 0 Å². The van der Waals surface area contributed by atoms with E-state index in [2.05, 4.69) is 32.8 Å². The van der Waals surface area contributed by atoms with E-state index in [-0.39, 0.29) is 5.92 Å². The molecule has 3 nitrogen and oxygen atoms in total. The molecule has 0 radical (unpaired) electrons. The minimum Gasteiger partial charge on any atom is -0.211 e. The topological polar surface area (TPSA) is 46.2 Å². The number of fused-ring (bicyclic) bond motifs is 1. The van der Waals surface area contributed by atoms with Crippen molar-refractivity contribution in [3.8, 4) is 0 Å². The predicted molar refractivity (Wildman–Crippen MR) is 87.0 cm³/mol. The fourth-order valence-corrected chi connectivity index (χ4v) is 4.04. The summed E-state index contributed by atoms with van der Waals surface area (Å²) in [4.78, 5) is 0.316. The smallest absolute Gasteiger partial charge is 0.211 e. The fourth-order valence-electron chi connectivity index (χ4n) is 2.62. The van der Waals surface area contributed by atoms with Crippen molar-refractivity contribution >= 4 is 26.0 Å². The zero-order valence-electron chi connectivity index (χ0n) is 11.6. The zero-order valence-corrected chi connectivity index (χ0v) is 14.0. The molecule has 21 heavy (non-hydrogen) atoms. The van der Waals surface area contributed by atoms with Crippen LogP contribution in [0, 0.1) is 6.92 Å². The second-order valence-corrected chi connectivity index (χ2v) is 7.98. The third-order valence-corrected chi connectivity index (χ3v) is 6.23. The molecule has 0 aliphatic heterocycles. The van der Waals surface area contributed by atoms with E-state index in [0.717, 1.165) is 16.5 Å². The van der Waals surface area contributed by atoms with E-state index in [1.165, 1.54) is 11.1 Å². The Morgan fingerprint density at radius 1 is 1.24 bits per heavy atom. The Hall–Kier alpha value is -1.17. The lowest BCUT2D eigenvalue weighted by Crippen LogP contribution is -2.33. The van der Waals surface area contributed by atoms with Gasteiger partial charge in [-0.2, -0.15) is 0 Å². The van der Waals surface area contributed by atoms with Gasteiger partial charge in [-0.05, 0) is 48.2 Å². The number of halogens is 1. The maximum absolute atomic E-state index is 12.3. The second kappa shape index (κ2) is 5.55. The number of hydrogen-bond donors (Lipinski definition) is 1. The maximum atomic E-state index is 12.3. The van der Waals surface area contributed by atoms with E-state index >= 15 is 0 Å². The monoisotopic (exact) mass is 365 g/mol. The van der Waals surface area contributed by atoms with Gasteiger partial charge in [0, 0.05) is 16.9 Å². The lowest BCUT2D eigenvalue weighted by molar-refractivity contribution is 0.552. The van der Waals surface area contributed by atoms with Crippen LogP contribution >= 0.6 is 15.9 Å². The van der Waals surface area contributed by atoms with E-state index in [1.54, 1.807) is 18.2 Å². The molecule has 1 unspecified atom stereocenters. The largest absolute Gasteiger partial charge is 0.240 e. The van der Waals surface area contributed by atoms with Gasteiger partial charge in [0.2, 0.25) is 10.0 Å². The minimum atomic E-state index is -3.44. The van der Waals surface area contributed by atoms with Crippen LogP contribution in [0.1, 0.15) is 22.6 Å². The molecule has 0 saturated heterocycles. The molecule has 2 aromatic rings. The van der Waals surface area contributed by atoms with Gasteiger partial charge in [-0.25, -0.2) is 13.1 Å². The van der Waals surface area contributed by atoms with Crippen molar-refractivity contribution in [2.45, 2.75) is 24.2 Å². The van der Waals surface area contributed by atoms with Crippen molar-refractivity contribution in [1.82, 2.24) is 4.72 Å². The molecule has 110 valence electrons. The highest BCUT2D eigenvalue weighted by atomic mass is 79.9. The van der Waals surface area contributed by atoms with Gasteiger partial charge in [0.25, 0.3) is 0 Å². The summed E-state index contributed by atoms with van der Waals surface area (Å²) in [7, 11) is -3.44. The Labute approximate surface area is 133 Å². The molecule has 2 aromatic carbocycles. The summed E-state index contributed by atoms with van der Waals surface area (Å²) < 4.78 is 28.3. The first-order valence-corrected chi connectivity index (χ1v) is 9.08. The highest BCUT2D eigenvalue weighted by Gasteiger charge is 2.27. The Balaban J connectivity index is 1.72. The summed E-state index contributed by atoms with van der Waals surface area (Å²) in [6.07, 6.45) is 0.943. The van der Waals surface area contributed by atoms with Crippen molar-refractivity contribution < 1.29 is 8.42 Å². The average Bonchev–Trinajstić information content (AvgIpc) is 2.42. The molecule has 3 rings (SSSR count). The van der Waals surface area contributed by atoms with Gasteiger partial charge < -0.3 is 0 Å². The van der Waals surface area contributed by atoms with Crippen LogP contribution in [0.4, 0.5) is 0 Å². The van der Waals surface area contributed by atoms with Crippen molar-refractivity contribution in [2.24, 2.45) is 0 Å². The summed E-state index contributed by atoms with van der Waals surface area (Å²) in [6, 6.07) is 13.2. The molecule has 0 aromatic heterocycles. The molecule has 0 bridgehead atoms. The first-order valence-electron chi connectivity index (χ1n) is 6.81. The predicted octanol–water partition coefficient (Wildman–Crippen LogP) is 3.38. The highest BCUT2D eigenvalue weighted by Crippen LogP contribution is 2.34. The number of sulfonamides is 1. The van der Waals surface area contributed by atoms with Gasteiger partial charge in [-0.3, -0.25) is 0 Å². The first kappa shape index (κ1) is 14.8. The van der Waals surface area contributed by atoms with Crippen LogP contribution in [0.3, 0.4) is 0 Å². The standard InChI is InChI=1S/C16H16BrNO2S/c1-11-8-14(6-7-16(11)17)21(19,20)18-10-13-9-12-4-2-3-5-15(12)13/h2-8,13,18H,9-10H2,1H3. The summed E-state index contributed by atoms with van der Waals surface area (Å²) in [6.45, 7) is 2.33. The van der Waals surface area contributed by atoms with Crippen LogP contribution < -0.4 is 4.72 Å². The lowest BCUT2D eigenvalue weighted by Gasteiger charge is -2.30. The Morgan fingerprint density at radius 2 is 2.00 bits per heavy atom. The Morgan fingerprint density at radius 3 is 2.71 bits per heavy atom. The van der Waals surface area contributed by atoms with Crippen LogP contribution in [-0.2, 0) is 16.4 Å². The molecule has 0 spiro atoms. The molecule has 1 atom stereocenters. The maximum Gasteiger partial charge on any atom is 0.240 e. The summed E-state index contributed by atoms with van der Waals surface area (Å²) in [5.41, 5.74) is 3.49. The first-order chi connectivity index (χ1) is 9.97. The average molecular weight is 366 g/mol. The lowest BCUT2D eigenvalue weighted by atomic mass is 9.78. The molecular formula is C16H16BrNO2S. The van der Waals surface area contributed by atoms with Gasteiger partial charge in [0.05, 0.1) is 4.90 Å². The molecule has 0 heterocycles. The summed E-state index contributed by atoms with van der Waals surface area (Å²) in [5, 5.41) is 0. The van der Waals surface area contributed by atoms with Crippen LogP contribution in [0.2, 0.25) is 0 Å². The second-order valence-electron chi connectivity index (χ2n) is 5.36. The Kier molecular flexibility index (Phi) is 3.90. The van der Waals surface area contributed by atoms with Crippen LogP contribution in [0.25, 0.3) is 0 Å². The molecule has 1 aliphatic carbocycles. The van der Waals surface area contributed by atoms with E-state index < -0.39 is 10.0 Å². The molecule has 5 heteroatoms. The van der Waals surface area contributed by atoms with Crippen LogP contribution in [0.15, 0.2) is 51.8 Å². The number of aryl methyl sites for hydroxylation is 1. The van der Waals surface area contributed by atoms with Crippen LogP contribution in [0.5, 0.6) is 0 Å². The molecule has 0 amide bonds. The number of rotatable bonds is 4. The molecule has 0 saturated carbocycles. The van der Waals surface area contributed by atoms with Gasteiger partial charge in [0.15, 0.2) is 0 Å². The summed E-state index contributed by atoms with van der Waals surface area (Å²) >= 11 is 3.38. The van der Waals surface area contributed by atoms with Crippen molar-refractivity contribution in [2.75, 3.05) is 6.54 Å². The zero-order chi connectivity index (χ0) is 15.0. The van der Waals surface area contributed by atoms with Crippen molar-refractivity contribution in [1.29, 1.82) is 0 Å². The minimum absolute atomic E-state index is 0.285. The number of hydrogen-bond acceptors (Lipinski definition) is 2. The van der Waals surface area contributed by atoms with E-state index in [1.807, 2.05) is 19.1 Å². The Bertz CT molecular complexity index is 787. The third-order valence-electron chi connectivity index (χ3n) is 3.92. The SMILES string of the molecule is Cc1cc(S(=O)(=O)NCC2Cc3ccccc32)ccc1Br. The normalized spacial score (nSPS) is 17.1. The molecular weight excluding hydrogens is 350 g/mol. The van der Waals surface area contributed by atoms with Crippen molar-refractivity contribution in [3.63, 3.8) is 0 Å². The molecule has 0 fully saturated rings. The van der Waals surface area contributed by atoms with Crippen molar-refractivity contribution in [3.05, 3.63) is 63.6 Å². The van der Waals surface area contributed by atoms with E-state index in [0.29, 0.717) is 11.4 Å². The third kappa shape index (κ3) is 2.91. The van der Waals surface area contributed by atoms with E-state index in [9.17, 15) is 8.42 Å². The summed E-state index contributed by atoms with van der Waals surface area (Å²) in [5.74, 6) is 0.285. The molecule has 1 aliphatic rings. The highest BCUT2D eigenvalue weighted by molar-refractivity contribution is 9.10. The number of nitrogens with one attached hydrogen (secondary N) is 1. The van der Waals surface area contributed by atoms with Crippen LogP contribution in [-0.4, -0.2) is 15.0 Å². The van der Waals surface area contributed by atoms with Gasteiger partial charge in [-0.1, -0.05) is 40.2 Å². The van der Waals surface area contributed by atoms with E-state index in [4.69, 9.17) is 0 Å².